The summed E-state index contributed by atoms with van der Waals surface area (Å²) in [7, 11) is 0. The number of aliphatic carboxylic acids is 1. The van der Waals surface area contributed by atoms with Gasteiger partial charge in [-0.2, -0.15) is 0 Å². The van der Waals surface area contributed by atoms with Gasteiger partial charge in [0.1, 0.15) is 0 Å². The number of hydrogen-bond acceptors (Lipinski definition) is 2. The maximum atomic E-state index is 11.5. The summed E-state index contributed by atoms with van der Waals surface area (Å²) in [6, 6.07) is 0. The first-order valence-electron chi connectivity index (χ1n) is 6.80. The molecule has 1 amide bonds. The van der Waals surface area contributed by atoms with Crippen LogP contribution in [0, 0.1) is 5.41 Å². The smallest absolute Gasteiger partial charge is 0.303 e. The fraction of sp³-hybridized carbons (Fsp3) is 0.857. The van der Waals surface area contributed by atoms with Crippen molar-refractivity contribution in [2.45, 2.75) is 65.7 Å². The van der Waals surface area contributed by atoms with Crippen LogP contribution in [0.25, 0.3) is 0 Å². The van der Waals surface area contributed by atoms with Gasteiger partial charge in [0.15, 0.2) is 0 Å². The van der Waals surface area contributed by atoms with Gasteiger partial charge in [-0.05, 0) is 18.3 Å². The molecular formula is C14H27NO3. The van der Waals surface area contributed by atoms with Crippen LogP contribution in [0.4, 0.5) is 0 Å². The van der Waals surface area contributed by atoms with Gasteiger partial charge in [0.2, 0.25) is 5.91 Å². The van der Waals surface area contributed by atoms with Crippen LogP contribution in [0.15, 0.2) is 0 Å². The third-order valence-corrected chi connectivity index (χ3v) is 2.58. The summed E-state index contributed by atoms with van der Waals surface area (Å²) in [5.41, 5.74) is 0.0426. The van der Waals surface area contributed by atoms with Crippen LogP contribution in [0.2, 0.25) is 0 Å². The maximum absolute atomic E-state index is 11.5. The topological polar surface area (TPSA) is 66.4 Å². The SMILES string of the molecule is CC(C)(C)CC(=O)NCCCCCCCC(=O)O. The molecule has 0 spiro atoms. The lowest BCUT2D eigenvalue weighted by Gasteiger charge is -2.17. The first kappa shape index (κ1) is 16.9. The molecule has 0 saturated carbocycles. The molecule has 0 aromatic heterocycles. The van der Waals surface area contributed by atoms with Crippen LogP contribution in [0.3, 0.4) is 0 Å². The number of nitrogens with one attached hydrogen (secondary N) is 1. The Morgan fingerprint density at radius 2 is 1.56 bits per heavy atom. The zero-order valence-corrected chi connectivity index (χ0v) is 11.9. The van der Waals surface area contributed by atoms with Crippen molar-refractivity contribution in [3.05, 3.63) is 0 Å². The fourth-order valence-corrected chi connectivity index (χ4v) is 1.70. The highest BCUT2D eigenvalue weighted by molar-refractivity contribution is 5.76. The van der Waals surface area contributed by atoms with E-state index in [4.69, 9.17) is 5.11 Å². The summed E-state index contributed by atoms with van der Waals surface area (Å²) in [5, 5.41) is 11.4. The van der Waals surface area contributed by atoms with Gasteiger partial charge in [-0.25, -0.2) is 0 Å². The van der Waals surface area contributed by atoms with E-state index in [9.17, 15) is 9.59 Å². The minimum Gasteiger partial charge on any atom is -0.481 e. The Kier molecular flexibility index (Phi) is 8.42. The number of rotatable bonds is 9. The summed E-state index contributed by atoms with van der Waals surface area (Å²) in [6.45, 7) is 6.88. The first-order chi connectivity index (χ1) is 8.31. The lowest BCUT2D eigenvalue weighted by atomic mass is 9.92. The van der Waals surface area contributed by atoms with Gasteiger partial charge in [0.25, 0.3) is 0 Å². The number of amides is 1. The van der Waals surface area contributed by atoms with Crippen LogP contribution < -0.4 is 5.32 Å². The number of unbranched alkanes of at least 4 members (excludes halogenated alkanes) is 4. The minimum atomic E-state index is -0.718. The number of carbonyl (C=O) groups is 2. The highest BCUT2D eigenvalue weighted by atomic mass is 16.4. The highest BCUT2D eigenvalue weighted by Gasteiger charge is 2.14. The Morgan fingerprint density at radius 1 is 1.00 bits per heavy atom. The van der Waals surface area contributed by atoms with Crippen molar-refractivity contribution < 1.29 is 14.7 Å². The Morgan fingerprint density at radius 3 is 2.11 bits per heavy atom. The van der Waals surface area contributed by atoms with Crippen LogP contribution in [0.5, 0.6) is 0 Å². The van der Waals surface area contributed by atoms with Crippen molar-refractivity contribution in [1.29, 1.82) is 0 Å². The normalized spacial score (nSPS) is 11.3. The van der Waals surface area contributed by atoms with Gasteiger partial charge in [0.05, 0.1) is 0 Å². The molecule has 18 heavy (non-hydrogen) atoms. The van der Waals surface area contributed by atoms with E-state index in [0.717, 1.165) is 38.6 Å². The quantitative estimate of drug-likeness (QED) is 0.624. The van der Waals surface area contributed by atoms with Crippen molar-refractivity contribution in [3.63, 3.8) is 0 Å². The molecule has 0 heterocycles. The number of carboxylic acids is 1. The highest BCUT2D eigenvalue weighted by Crippen LogP contribution is 2.17. The van der Waals surface area contributed by atoms with E-state index in [1.54, 1.807) is 0 Å². The number of carboxylic acid groups (broad SMARTS) is 1. The molecule has 0 aliphatic rings. The van der Waals surface area contributed by atoms with Crippen molar-refractivity contribution in [3.8, 4) is 0 Å². The second-order valence-electron chi connectivity index (χ2n) is 6.00. The molecular weight excluding hydrogens is 230 g/mol. The van der Waals surface area contributed by atoms with Crippen molar-refractivity contribution in [2.75, 3.05) is 6.54 Å². The number of carbonyl (C=O) groups excluding carboxylic acids is 1. The second kappa shape index (κ2) is 8.95. The maximum Gasteiger partial charge on any atom is 0.303 e. The molecule has 4 nitrogen and oxygen atoms in total. The monoisotopic (exact) mass is 257 g/mol. The molecule has 106 valence electrons. The molecule has 0 unspecified atom stereocenters. The average Bonchev–Trinajstić information content (AvgIpc) is 2.18. The van der Waals surface area contributed by atoms with Gasteiger partial charge in [-0.15, -0.1) is 0 Å². The Bertz CT molecular complexity index is 256. The second-order valence-corrected chi connectivity index (χ2v) is 6.00. The van der Waals surface area contributed by atoms with Gasteiger partial charge < -0.3 is 10.4 Å². The largest absolute Gasteiger partial charge is 0.481 e. The Hall–Kier alpha value is -1.06. The zero-order chi connectivity index (χ0) is 14.0. The molecule has 4 heteroatoms. The molecule has 0 radical (unpaired) electrons. The third-order valence-electron chi connectivity index (χ3n) is 2.58. The summed E-state index contributed by atoms with van der Waals surface area (Å²) in [6.07, 6.45) is 5.61. The van der Waals surface area contributed by atoms with E-state index < -0.39 is 5.97 Å². The Balaban J connectivity index is 3.30. The van der Waals surface area contributed by atoms with E-state index >= 15 is 0 Å². The standard InChI is InChI=1S/C14H27NO3/c1-14(2,3)11-12(16)15-10-8-6-4-5-7-9-13(17)18/h4-11H2,1-3H3,(H,15,16)(H,17,18). The molecule has 2 N–H and O–H groups in total. The average molecular weight is 257 g/mol. The summed E-state index contributed by atoms with van der Waals surface area (Å²) >= 11 is 0. The number of hydrogen-bond donors (Lipinski definition) is 2. The van der Waals surface area contributed by atoms with Gasteiger partial charge in [0, 0.05) is 19.4 Å². The van der Waals surface area contributed by atoms with Gasteiger partial charge in [-0.1, -0.05) is 40.0 Å². The van der Waals surface area contributed by atoms with E-state index in [1.165, 1.54) is 0 Å². The van der Waals surface area contributed by atoms with Crippen molar-refractivity contribution in [2.24, 2.45) is 5.41 Å². The van der Waals surface area contributed by atoms with Crippen molar-refractivity contribution >= 4 is 11.9 Å². The first-order valence-corrected chi connectivity index (χ1v) is 6.80. The molecule has 0 saturated heterocycles. The van der Waals surface area contributed by atoms with Crippen molar-refractivity contribution in [1.82, 2.24) is 5.32 Å². The molecule has 0 rings (SSSR count). The predicted molar refractivity (Wildman–Crippen MR) is 72.4 cm³/mol. The molecule has 0 aromatic carbocycles. The van der Waals surface area contributed by atoms with Crippen LogP contribution in [-0.4, -0.2) is 23.5 Å². The molecule has 0 aromatic rings. The van der Waals surface area contributed by atoms with E-state index in [1.807, 2.05) is 0 Å². The Labute approximate surface area is 110 Å². The van der Waals surface area contributed by atoms with Gasteiger partial charge in [-0.3, -0.25) is 9.59 Å². The third kappa shape index (κ3) is 13.0. The van der Waals surface area contributed by atoms with E-state index in [0.29, 0.717) is 6.42 Å². The molecule has 0 fully saturated rings. The lowest BCUT2D eigenvalue weighted by molar-refractivity contribution is -0.137. The lowest BCUT2D eigenvalue weighted by Crippen LogP contribution is -2.28. The fourth-order valence-electron chi connectivity index (χ4n) is 1.70. The molecule has 0 aliphatic carbocycles. The molecule has 0 atom stereocenters. The van der Waals surface area contributed by atoms with E-state index in [-0.39, 0.29) is 17.7 Å². The molecule has 0 bridgehead atoms. The van der Waals surface area contributed by atoms with Crippen LogP contribution in [-0.2, 0) is 9.59 Å². The zero-order valence-electron chi connectivity index (χ0n) is 11.9. The van der Waals surface area contributed by atoms with E-state index in [2.05, 4.69) is 26.1 Å². The molecule has 0 aliphatic heterocycles. The van der Waals surface area contributed by atoms with Gasteiger partial charge >= 0.3 is 5.97 Å². The summed E-state index contributed by atoms with van der Waals surface area (Å²) in [4.78, 5) is 21.8. The van der Waals surface area contributed by atoms with Crippen LogP contribution >= 0.6 is 0 Å². The van der Waals surface area contributed by atoms with Crippen LogP contribution in [0.1, 0.15) is 65.7 Å². The predicted octanol–water partition coefficient (Wildman–Crippen LogP) is 2.96. The summed E-state index contributed by atoms with van der Waals surface area (Å²) < 4.78 is 0. The minimum absolute atomic E-state index is 0.0426. The summed E-state index contributed by atoms with van der Waals surface area (Å²) in [5.74, 6) is -0.599.